The first-order chi connectivity index (χ1) is 13.2. The predicted octanol–water partition coefficient (Wildman–Crippen LogP) is 3.32. The number of nitrogens with zero attached hydrogens (tertiary/aromatic N) is 3. The second-order valence-electron chi connectivity index (χ2n) is 6.10. The highest BCUT2D eigenvalue weighted by atomic mass is 35.5. The molecule has 0 bridgehead atoms. The summed E-state index contributed by atoms with van der Waals surface area (Å²) in [5.74, 6) is 2.03. The zero-order valence-corrected chi connectivity index (χ0v) is 15.2. The molecular weight excluding hydrogens is 366 g/mol. The number of halogens is 1. The zero-order valence-electron chi connectivity index (χ0n) is 14.4. The van der Waals surface area contributed by atoms with Crippen LogP contribution in [-0.4, -0.2) is 22.7 Å². The number of benzene rings is 2. The molecule has 0 saturated heterocycles. The summed E-state index contributed by atoms with van der Waals surface area (Å²) in [5.41, 5.74) is 7.89. The number of rotatable bonds is 4. The molecule has 0 aliphatic carbocycles. The van der Waals surface area contributed by atoms with E-state index in [1.165, 1.54) is 0 Å². The van der Waals surface area contributed by atoms with E-state index in [0.717, 1.165) is 23.3 Å². The van der Waals surface area contributed by atoms with E-state index in [4.69, 9.17) is 26.6 Å². The van der Waals surface area contributed by atoms with Gasteiger partial charge in [-0.2, -0.15) is 4.98 Å². The average Bonchev–Trinajstić information content (AvgIpc) is 3.16. The standard InChI is InChI=1S/C19H18ClN5O2/c20-13-5-3-4-12(10-13)18-24-17(27-25-18)11-22-19(21)23-15-8-9-26-16-7-2-1-6-14(15)16/h1-7,10,15H,8-9,11H2,(H3,21,22,23). The van der Waals surface area contributed by atoms with Gasteiger partial charge in [-0.05, 0) is 18.2 Å². The van der Waals surface area contributed by atoms with Crippen LogP contribution in [0.2, 0.25) is 5.02 Å². The minimum Gasteiger partial charge on any atom is -0.493 e. The summed E-state index contributed by atoms with van der Waals surface area (Å²) in [4.78, 5) is 8.64. The molecule has 3 N–H and O–H groups in total. The Kier molecular flexibility index (Phi) is 4.93. The van der Waals surface area contributed by atoms with Gasteiger partial charge in [-0.25, -0.2) is 4.99 Å². The third kappa shape index (κ3) is 4.03. The predicted molar refractivity (Wildman–Crippen MR) is 103 cm³/mol. The smallest absolute Gasteiger partial charge is 0.248 e. The highest BCUT2D eigenvalue weighted by molar-refractivity contribution is 6.30. The molecule has 4 rings (SSSR count). The van der Waals surface area contributed by atoms with Crippen molar-refractivity contribution in [1.82, 2.24) is 15.5 Å². The zero-order chi connectivity index (χ0) is 18.6. The Morgan fingerprint density at radius 3 is 3.04 bits per heavy atom. The van der Waals surface area contributed by atoms with Gasteiger partial charge in [0.2, 0.25) is 11.7 Å². The lowest BCUT2D eigenvalue weighted by molar-refractivity contribution is 0.262. The van der Waals surface area contributed by atoms with Crippen LogP contribution < -0.4 is 15.8 Å². The molecule has 0 spiro atoms. The number of ether oxygens (including phenoxy) is 1. The van der Waals surface area contributed by atoms with Gasteiger partial charge in [-0.1, -0.05) is 47.1 Å². The molecule has 8 heteroatoms. The van der Waals surface area contributed by atoms with Gasteiger partial charge in [0.15, 0.2) is 5.96 Å². The van der Waals surface area contributed by atoms with E-state index in [1.54, 1.807) is 12.1 Å². The lowest BCUT2D eigenvalue weighted by Gasteiger charge is -2.26. The van der Waals surface area contributed by atoms with Crippen LogP contribution in [0.1, 0.15) is 23.9 Å². The van der Waals surface area contributed by atoms with E-state index in [0.29, 0.717) is 29.3 Å². The maximum Gasteiger partial charge on any atom is 0.248 e. The summed E-state index contributed by atoms with van der Waals surface area (Å²) in [6, 6.07) is 15.2. The van der Waals surface area contributed by atoms with Gasteiger partial charge in [0, 0.05) is 22.6 Å². The molecule has 1 aromatic heterocycles. The Morgan fingerprint density at radius 1 is 1.26 bits per heavy atom. The van der Waals surface area contributed by atoms with Gasteiger partial charge in [-0.15, -0.1) is 0 Å². The van der Waals surface area contributed by atoms with Crippen LogP contribution in [0.15, 0.2) is 58.0 Å². The highest BCUT2D eigenvalue weighted by Crippen LogP contribution is 2.31. The topological polar surface area (TPSA) is 98.6 Å². The molecule has 27 heavy (non-hydrogen) atoms. The van der Waals surface area contributed by atoms with E-state index in [2.05, 4.69) is 20.4 Å². The molecule has 0 fully saturated rings. The number of para-hydroxylation sites is 1. The van der Waals surface area contributed by atoms with E-state index in [-0.39, 0.29) is 12.6 Å². The molecule has 1 aliphatic rings. The van der Waals surface area contributed by atoms with E-state index in [1.807, 2.05) is 36.4 Å². The van der Waals surface area contributed by atoms with Crippen molar-refractivity contribution in [3.8, 4) is 17.1 Å². The quantitative estimate of drug-likeness (QED) is 0.529. The Bertz CT molecular complexity index is 972. The molecule has 2 heterocycles. The van der Waals surface area contributed by atoms with Crippen LogP contribution in [0.25, 0.3) is 11.4 Å². The van der Waals surface area contributed by atoms with E-state index >= 15 is 0 Å². The molecular formula is C19H18ClN5O2. The van der Waals surface area contributed by atoms with Crippen LogP contribution >= 0.6 is 11.6 Å². The highest BCUT2D eigenvalue weighted by Gasteiger charge is 2.21. The van der Waals surface area contributed by atoms with Crippen molar-refractivity contribution in [2.45, 2.75) is 19.0 Å². The third-order valence-electron chi connectivity index (χ3n) is 4.22. The van der Waals surface area contributed by atoms with Crippen LogP contribution in [0.4, 0.5) is 0 Å². The molecule has 2 aromatic carbocycles. The Hall–Kier alpha value is -3.06. The first kappa shape index (κ1) is 17.4. The fourth-order valence-corrected chi connectivity index (χ4v) is 3.12. The van der Waals surface area contributed by atoms with Gasteiger partial charge in [0.1, 0.15) is 12.3 Å². The van der Waals surface area contributed by atoms with Gasteiger partial charge in [0.05, 0.1) is 12.6 Å². The average molecular weight is 384 g/mol. The summed E-state index contributed by atoms with van der Waals surface area (Å²) >= 11 is 5.99. The molecule has 7 nitrogen and oxygen atoms in total. The number of aromatic nitrogens is 2. The normalized spacial score (nSPS) is 16.5. The minimum atomic E-state index is 0.0587. The van der Waals surface area contributed by atoms with Crippen molar-refractivity contribution in [2.75, 3.05) is 6.61 Å². The van der Waals surface area contributed by atoms with Gasteiger partial charge >= 0.3 is 0 Å². The molecule has 0 amide bonds. The van der Waals surface area contributed by atoms with E-state index in [9.17, 15) is 0 Å². The number of nitrogens with one attached hydrogen (secondary N) is 1. The van der Waals surface area contributed by atoms with Gasteiger partial charge in [-0.3, -0.25) is 0 Å². The monoisotopic (exact) mass is 383 g/mol. The lowest BCUT2D eigenvalue weighted by atomic mass is 10.0. The third-order valence-corrected chi connectivity index (χ3v) is 4.45. The van der Waals surface area contributed by atoms with Crippen molar-refractivity contribution >= 4 is 17.6 Å². The van der Waals surface area contributed by atoms with Gasteiger partial charge < -0.3 is 20.3 Å². The fraction of sp³-hybridized carbons (Fsp3) is 0.211. The Balaban J connectivity index is 1.42. The van der Waals surface area contributed by atoms with Crippen molar-refractivity contribution in [2.24, 2.45) is 10.7 Å². The molecule has 1 atom stereocenters. The van der Waals surface area contributed by atoms with Gasteiger partial charge in [0.25, 0.3) is 0 Å². The number of aliphatic imine (C=N–C) groups is 1. The SMILES string of the molecule is NC(=NCc1nc(-c2cccc(Cl)c2)no1)NC1CCOc2ccccc21. The first-order valence-electron chi connectivity index (χ1n) is 8.56. The molecule has 3 aromatic rings. The van der Waals surface area contributed by atoms with Crippen molar-refractivity contribution < 1.29 is 9.26 Å². The van der Waals surface area contributed by atoms with Crippen LogP contribution in [0.5, 0.6) is 5.75 Å². The minimum absolute atomic E-state index is 0.0587. The second-order valence-corrected chi connectivity index (χ2v) is 6.53. The largest absolute Gasteiger partial charge is 0.493 e. The Labute approximate surface area is 161 Å². The number of fused-ring (bicyclic) bond motifs is 1. The maximum atomic E-state index is 6.04. The fourth-order valence-electron chi connectivity index (χ4n) is 2.93. The number of guanidine groups is 1. The molecule has 138 valence electrons. The molecule has 0 radical (unpaired) electrons. The molecule has 1 aliphatic heterocycles. The first-order valence-corrected chi connectivity index (χ1v) is 8.93. The Morgan fingerprint density at radius 2 is 2.15 bits per heavy atom. The summed E-state index contributed by atoms with van der Waals surface area (Å²) in [6.45, 7) is 0.825. The number of nitrogens with two attached hydrogens (primary N) is 1. The second kappa shape index (κ2) is 7.67. The summed E-state index contributed by atoms with van der Waals surface area (Å²) < 4.78 is 10.9. The molecule has 1 unspecified atom stereocenters. The van der Waals surface area contributed by atoms with Crippen LogP contribution in [0, 0.1) is 0 Å². The van der Waals surface area contributed by atoms with Crippen molar-refractivity contribution in [1.29, 1.82) is 0 Å². The summed E-state index contributed by atoms with van der Waals surface area (Å²) in [7, 11) is 0. The lowest BCUT2D eigenvalue weighted by Crippen LogP contribution is -2.37. The van der Waals surface area contributed by atoms with Crippen molar-refractivity contribution in [3.05, 3.63) is 65.0 Å². The van der Waals surface area contributed by atoms with Crippen LogP contribution in [0.3, 0.4) is 0 Å². The number of hydrogen-bond acceptors (Lipinski definition) is 5. The number of hydrogen-bond donors (Lipinski definition) is 2. The summed E-state index contributed by atoms with van der Waals surface area (Å²) in [6.07, 6.45) is 0.812. The van der Waals surface area contributed by atoms with E-state index < -0.39 is 0 Å². The maximum absolute atomic E-state index is 6.04. The van der Waals surface area contributed by atoms with Crippen LogP contribution in [-0.2, 0) is 6.54 Å². The van der Waals surface area contributed by atoms with Crippen molar-refractivity contribution in [3.63, 3.8) is 0 Å². The molecule has 0 saturated carbocycles. The summed E-state index contributed by atoms with van der Waals surface area (Å²) in [5, 5.41) is 7.80.